The standard InChI is InChI=1S/C42H74N8O22/c1-6-45-27-34(67-18(4)37(62)46-16(2)36(61)50-20(35(44)60)10-11-25(55)49-21(9-7-8-12-43)38(63)47-17(3)39(64)65)33(24(15-53)68-40(27)66)72-41-26(48-19(5)54)29(57)32(23(14-52)70-41)71-42-31(59)30(58)28(56)22(13-51)69-42/h16-18,20-24,26-34,40-42,45,51-53,56-59,66H,6-15,43H2,1-5H3,(H2,44,60)(H,46,62)(H,47,63)(H,48,54)(H,49,55)(H,50,61)(H,64,65)/t16-,17+,18?,20+,21-,22+,23+,24+,26+,27+,28-,29+,30-,31+,32+,33+,34+,40?,41-,42-/m0/s1. The molecule has 0 saturated carbocycles. The Morgan fingerprint density at radius 1 is 0.639 bits per heavy atom. The molecular formula is C42H74N8O22. The van der Waals surface area contributed by atoms with Crippen LogP contribution in [-0.2, 0) is 62.0 Å². The van der Waals surface area contributed by atoms with E-state index >= 15 is 0 Å². The molecule has 0 aromatic heterocycles. The molecule has 2 unspecified atom stereocenters. The van der Waals surface area contributed by atoms with Crippen LogP contribution < -0.4 is 43.4 Å². The summed E-state index contributed by atoms with van der Waals surface area (Å²) in [6, 6.07) is -8.08. The molecule has 3 saturated heterocycles. The summed E-state index contributed by atoms with van der Waals surface area (Å²) in [5, 5.41) is 109. The SMILES string of the molecule is CCN[C@H]1C(O)O[C@H](CO)[C@@H](O[C@@H]2O[C@H](CO)[C@@H](O[C@@H]3O[C@H](CO)[C@H](O)[C@H](O)[C@H]3O)[C@H](O)[C@H]2NC(C)=O)[C@@H]1OC(C)C(=O)N[C@@H](C)C(=O)N[C@H](CCC(=O)N[C@@H](CCCCN)C(=O)N[C@H](C)C(=O)O)C(N)=O. The number of hydrogen-bond donors (Lipinski definition) is 17. The third kappa shape index (κ3) is 17.1. The molecule has 0 aromatic carbocycles. The van der Waals surface area contributed by atoms with Crippen LogP contribution in [0.1, 0.15) is 66.7 Å². The van der Waals surface area contributed by atoms with Crippen molar-refractivity contribution in [1.29, 1.82) is 0 Å². The predicted molar refractivity (Wildman–Crippen MR) is 241 cm³/mol. The van der Waals surface area contributed by atoms with Gasteiger partial charge in [0.2, 0.25) is 35.4 Å². The van der Waals surface area contributed by atoms with Crippen LogP contribution in [0, 0.1) is 0 Å². The van der Waals surface area contributed by atoms with Crippen LogP contribution in [0.5, 0.6) is 0 Å². The summed E-state index contributed by atoms with van der Waals surface area (Å²) in [6.07, 6.45) is -23.2. The monoisotopic (exact) mass is 1040 g/mol. The van der Waals surface area contributed by atoms with E-state index in [-0.39, 0.29) is 19.4 Å². The van der Waals surface area contributed by atoms with Crippen molar-refractivity contribution in [2.45, 2.75) is 189 Å². The highest BCUT2D eigenvalue weighted by atomic mass is 16.7. The fraction of sp³-hybridized carbons (Fsp3) is 0.833. The van der Waals surface area contributed by atoms with Crippen LogP contribution in [-0.4, -0.2) is 243 Å². The largest absolute Gasteiger partial charge is 0.480 e. The number of amides is 6. The number of nitrogens with one attached hydrogen (secondary N) is 6. The minimum atomic E-state index is -1.94. The highest BCUT2D eigenvalue weighted by Crippen LogP contribution is 2.33. The van der Waals surface area contributed by atoms with E-state index in [0.717, 1.165) is 6.92 Å². The molecule has 30 nitrogen and oxygen atoms in total. The fourth-order valence-corrected chi connectivity index (χ4v) is 8.03. The van der Waals surface area contributed by atoms with E-state index in [9.17, 15) is 79.5 Å². The number of primary amides is 1. The van der Waals surface area contributed by atoms with Gasteiger partial charge in [0.15, 0.2) is 18.9 Å². The van der Waals surface area contributed by atoms with Gasteiger partial charge in [0, 0.05) is 13.3 Å². The summed E-state index contributed by atoms with van der Waals surface area (Å²) in [5.41, 5.74) is 11.1. The van der Waals surface area contributed by atoms with Gasteiger partial charge in [0.05, 0.1) is 25.9 Å². The lowest BCUT2D eigenvalue weighted by Gasteiger charge is -2.50. The van der Waals surface area contributed by atoms with Crippen molar-refractivity contribution in [2.75, 3.05) is 32.9 Å². The number of likely N-dealkylation sites (N-methyl/N-ethyl adjacent to an activating group) is 1. The van der Waals surface area contributed by atoms with Gasteiger partial charge in [-0.15, -0.1) is 0 Å². The molecule has 3 rings (SSSR count). The zero-order valence-corrected chi connectivity index (χ0v) is 40.6. The molecule has 0 aromatic rings. The van der Waals surface area contributed by atoms with E-state index in [1.165, 1.54) is 20.8 Å². The number of aliphatic hydroxyl groups is 8. The summed E-state index contributed by atoms with van der Waals surface area (Å²) in [7, 11) is 0. The number of rotatable bonds is 28. The number of ether oxygens (including phenoxy) is 6. The Bertz CT molecular complexity index is 1790. The second kappa shape index (κ2) is 29.5. The second-order valence-corrected chi connectivity index (χ2v) is 17.6. The van der Waals surface area contributed by atoms with Crippen molar-refractivity contribution < 1.29 is 108 Å². The van der Waals surface area contributed by atoms with Crippen molar-refractivity contribution in [3.05, 3.63) is 0 Å². The van der Waals surface area contributed by atoms with Crippen molar-refractivity contribution in [2.24, 2.45) is 11.5 Å². The number of carboxylic acid groups (broad SMARTS) is 1. The van der Waals surface area contributed by atoms with Crippen LogP contribution in [0.15, 0.2) is 0 Å². The van der Waals surface area contributed by atoms with Crippen LogP contribution >= 0.6 is 0 Å². The van der Waals surface area contributed by atoms with Crippen molar-refractivity contribution in [3.63, 3.8) is 0 Å². The lowest BCUT2D eigenvalue weighted by Crippen LogP contribution is -2.70. The minimum Gasteiger partial charge on any atom is -0.480 e. The van der Waals surface area contributed by atoms with Crippen molar-refractivity contribution in [3.8, 4) is 0 Å². The Kier molecular flexibility index (Phi) is 25.4. The number of carboxylic acids is 1. The van der Waals surface area contributed by atoms with Crippen LogP contribution in [0.3, 0.4) is 0 Å². The molecule has 20 atom stereocenters. The van der Waals surface area contributed by atoms with Gasteiger partial charge in [-0.1, -0.05) is 6.92 Å². The maximum absolute atomic E-state index is 13.7. The van der Waals surface area contributed by atoms with Gasteiger partial charge < -0.3 is 118 Å². The van der Waals surface area contributed by atoms with E-state index in [0.29, 0.717) is 19.4 Å². The lowest BCUT2D eigenvalue weighted by molar-refractivity contribution is -0.362. The molecule has 0 spiro atoms. The molecule has 3 aliphatic rings. The summed E-state index contributed by atoms with van der Waals surface area (Å²) in [4.78, 5) is 88.8. The lowest BCUT2D eigenvalue weighted by atomic mass is 9.93. The summed E-state index contributed by atoms with van der Waals surface area (Å²) < 4.78 is 35.2. The summed E-state index contributed by atoms with van der Waals surface area (Å²) in [5.74, 6) is -6.45. The zero-order valence-electron chi connectivity index (χ0n) is 40.6. The van der Waals surface area contributed by atoms with Crippen LogP contribution in [0.25, 0.3) is 0 Å². The Labute approximate surface area is 414 Å². The van der Waals surface area contributed by atoms with Gasteiger partial charge in [0.25, 0.3) is 0 Å². The topological polar surface area (TPSA) is 481 Å². The smallest absolute Gasteiger partial charge is 0.325 e. The summed E-state index contributed by atoms with van der Waals surface area (Å²) >= 11 is 0. The predicted octanol–water partition coefficient (Wildman–Crippen LogP) is -8.94. The van der Waals surface area contributed by atoms with E-state index in [1.807, 2.05) is 0 Å². The quantitative estimate of drug-likeness (QED) is 0.0324. The van der Waals surface area contributed by atoms with E-state index in [1.54, 1.807) is 6.92 Å². The maximum atomic E-state index is 13.7. The third-order valence-electron chi connectivity index (χ3n) is 12.1. The van der Waals surface area contributed by atoms with Gasteiger partial charge in [-0.3, -0.25) is 33.6 Å². The van der Waals surface area contributed by atoms with Crippen molar-refractivity contribution in [1.82, 2.24) is 31.9 Å². The minimum absolute atomic E-state index is 0.121. The second-order valence-electron chi connectivity index (χ2n) is 17.6. The Morgan fingerprint density at radius 3 is 1.81 bits per heavy atom. The van der Waals surface area contributed by atoms with Gasteiger partial charge in [-0.05, 0) is 59.5 Å². The summed E-state index contributed by atoms with van der Waals surface area (Å²) in [6.45, 7) is 4.36. The highest BCUT2D eigenvalue weighted by Gasteiger charge is 2.55. The molecule has 0 radical (unpaired) electrons. The first kappa shape index (κ1) is 61.9. The molecule has 3 heterocycles. The van der Waals surface area contributed by atoms with E-state index < -0.39 is 190 Å². The zero-order chi connectivity index (χ0) is 54.1. The Morgan fingerprint density at radius 2 is 1.24 bits per heavy atom. The first-order valence-corrected chi connectivity index (χ1v) is 23.5. The molecule has 6 amide bonds. The van der Waals surface area contributed by atoms with Gasteiger partial charge >= 0.3 is 5.97 Å². The molecule has 414 valence electrons. The van der Waals surface area contributed by atoms with Crippen molar-refractivity contribution >= 4 is 41.4 Å². The van der Waals surface area contributed by atoms with Crippen LogP contribution in [0.4, 0.5) is 0 Å². The average Bonchev–Trinajstić information content (AvgIpc) is 3.32. The van der Waals surface area contributed by atoms with E-state index in [4.69, 9.17) is 39.9 Å². The molecule has 3 aliphatic heterocycles. The molecule has 0 bridgehead atoms. The molecule has 30 heteroatoms. The number of carbonyl (C=O) groups excluding carboxylic acids is 6. The molecular weight excluding hydrogens is 968 g/mol. The molecule has 19 N–H and O–H groups in total. The van der Waals surface area contributed by atoms with Gasteiger partial charge in [-0.25, -0.2) is 0 Å². The van der Waals surface area contributed by atoms with E-state index in [2.05, 4.69) is 31.9 Å². The maximum Gasteiger partial charge on any atom is 0.325 e. The number of unbranched alkanes of at least 4 members (excludes halogenated alkanes) is 1. The first-order valence-electron chi connectivity index (χ1n) is 23.5. The third-order valence-corrected chi connectivity index (χ3v) is 12.1. The molecule has 0 aliphatic carbocycles. The number of aliphatic carboxylic acids is 1. The number of aliphatic hydroxyl groups excluding tert-OH is 8. The Hall–Kier alpha value is -4.35. The number of carbonyl (C=O) groups is 7. The fourth-order valence-electron chi connectivity index (χ4n) is 8.03. The highest BCUT2D eigenvalue weighted by molar-refractivity contribution is 5.93. The number of hydrogen-bond acceptors (Lipinski definition) is 23. The van der Waals surface area contributed by atoms with Crippen LogP contribution in [0.2, 0.25) is 0 Å². The number of nitrogens with two attached hydrogens (primary N) is 2. The van der Waals surface area contributed by atoms with Gasteiger partial charge in [0.1, 0.15) is 97.4 Å². The van der Waals surface area contributed by atoms with Gasteiger partial charge in [-0.2, -0.15) is 0 Å². The molecule has 3 fully saturated rings. The first-order chi connectivity index (χ1) is 33.9. The molecule has 72 heavy (non-hydrogen) atoms. The normalized spacial score (nSPS) is 32.7. The average molecular weight is 1040 g/mol. The Balaban J connectivity index is 1.77.